The van der Waals surface area contributed by atoms with Gasteiger partial charge >= 0.3 is 6.03 Å². The van der Waals surface area contributed by atoms with E-state index in [1.54, 1.807) is 0 Å². The number of urea groups is 1. The van der Waals surface area contributed by atoms with Crippen molar-refractivity contribution in [1.29, 1.82) is 0 Å². The van der Waals surface area contributed by atoms with Crippen molar-refractivity contribution >= 4 is 11.7 Å². The van der Waals surface area contributed by atoms with Crippen molar-refractivity contribution in [3.05, 3.63) is 0 Å². The van der Waals surface area contributed by atoms with Gasteiger partial charge in [-0.05, 0) is 31.1 Å². The lowest BCUT2D eigenvalue weighted by atomic mass is 9.76. The second kappa shape index (κ2) is 5.14. The van der Waals surface area contributed by atoms with Crippen LogP contribution in [0.1, 0.15) is 40.0 Å². The molecule has 0 aromatic heterocycles. The van der Waals surface area contributed by atoms with Gasteiger partial charge in [-0.15, -0.1) is 0 Å². The number of primary amides is 1. The first-order chi connectivity index (χ1) is 7.00. The molecule has 1 aliphatic rings. The number of nitrogens with zero attached hydrogens (tertiary/aromatic N) is 1. The van der Waals surface area contributed by atoms with E-state index in [1.165, 1.54) is 6.42 Å². The normalized spacial score (nSPS) is 29.5. The topological polar surface area (TPSA) is 67.5 Å². The average molecular weight is 211 g/mol. The molecule has 4 nitrogen and oxygen atoms in total. The van der Waals surface area contributed by atoms with Crippen molar-refractivity contribution in [3.63, 3.8) is 0 Å². The van der Waals surface area contributed by atoms with Crippen LogP contribution < -0.4 is 11.2 Å². The van der Waals surface area contributed by atoms with Crippen LogP contribution in [0.3, 0.4) is 0 Å². The first kappa shape index (κ1) is 12.0. The minimum Gasteiger partial charge on any atom is -0.350 e. The minimum absolute atomic E-state index is 0.494. The van der Waals surface area contributed by atoms with E-state index >= 15 is 0 Å². The number of rotatable bonds is 2. The van der Waals surface area contributed by atoms with Gasteiger partial charge in [0.25, 0.3) is 0 Å². The monoisotopic (exact) mass is 211 g/mol. The molecule has 0 aromatic carbocycles. The molecule has 0 heterocycles. The molecule has 4 heteroatoms. The van der Waals surface area contributed by atoms with Gasteiger partial charge in [-0.2, -0.15) is 5.10 Å². The zero-order valence-corrected chi connectivity index (χ0v) is 9.79. The maximum absolute atomic E-state index is 10.6. The van der Waals surface area contributed by atoms with Crippen LogP contribution in [0.4, 0.5) is 4.79 Å². The molecule has 2 atom stereocenters. The van der Waals surface area contributed by atoms with E-state index in [1.807, 2.05) is 0 Å². The second-order valence-electron chi connectivity index (χ2n) is 4.82. The summed E-state index contributed by atoms with van der Waals surface area (Å²) in [7, 11) is 0. The maximum atomic E-state index is 10.6. The van der Waals surface area contributed by atoms with Crippen LogP contribution in [0.15, 0.2) is 5.10 Å². The third-order valence-electron chi connectivity index (χ3n) is 3.07. The summed E-state index contributed by atoms with van der Waals surface area (Å²) in [5.74, 6) is 1.73. The molecule has 3 N–H and O–H groups in total. The summed E-state index contributed by atoms with van der Waals surface area (Å²) < 4.78 is 0. The number of nitrogens with one attached hydrogen (secondary N) is 1. The fourth-order valence-corrected chi connectivity index (χ4v) is 2.21. The van der Waals surface area contributed by atoms with Crippen LogP contribution in [0.2, 0.25) is 0 Å². The Balaban J connectivity index is 2.69. The zero-order chi connectivity index (χ0) is 11.4. The van der Waals surface area contributed by atoms with Crippen molar-refractivity contribution < 1.29 is 4.79 Å². The Labute approximate surface area is 91.3 Å². The molecule has 2 amide bonds. The van der Waals surface area contributed by atoms with Crippen LogP contribution in [0, 0.1) is 17.8 Å². The van der Waals surface area contributed by atoms with Gasteiger partial charge in [0.1, 0.15) is 0 Å². The third-order valence-corrected chi connectivity index (χ3v) is 3.07. The first-order valence-electron chi connectivity index (χ1n) is 5.62. The van der Waals surface area contributed by atoms with Crippen LogP contribution in [-0.4, -0.2) is 11.7 Å². The summed E-state index contributed by atoms with van der Waals surface area (Å²) in [5.41, 5.74) is 8.46. The molecule has 86 valence electrons. The molecule has 1 aliphatic carbocycles. The summed E-state index contributed by atoms with van der Waals surface area (Å²) in [6.45, 7) is 6.61. The molecule has 15 heavy (non-hydrogen) atoms. The number of hydrazone groups is 1. The van der Waals surface area contributed by atoms with Crippen molar-refractivity contribution in [2.75, 3.05) is 0 Å². The number of hydrogen-bond donors (Lipinski definition) is 2. The van der Waals surface area contributed by atoms with E-state index in [9.17, 15) is 4.79 Å². The molecule has 0 spiro atoms. The van der Waals surface area contributed by atoms with Gasteiger partial charge in [-0.1, -0.05) is 20.8 Å². The second-order valence-corrected chi connectivity index (χ2v) is 4.82. The van der Waals surface area contributed by atoms with Crippen LogP contribution in [-0.2, 0) is 0 Å². The summed E-state index contributed by atoms with van der Waals surface area (Å²) in [6, 6.07) is -0.580. The zero-order valence-electron chi connectivity index (χ0n) is 9.79. The van der Waals surface area contributed by atoms with Crippen LogP contribution in [0.5, 0.6) is 0 Å². The SMILES string of the molecule is CC(C)[C@@H]1CC[C@H](C)CC1=NNC(N)=O. The molecule has 0 aliphatic heterocycles. The average Bonchev–Trinajstić information content (AvgIpc) is 2.14. The number of nitrogens with two attached hydrogens (primary N) is 1. The summed E-state index contributed by atoms with van der Waals surface area (Å²) in [5, 5.41) is 4.13. The number of carbonyl (C=O) groups excluding carboxylic acids is 1. The van der Waals surface area contributed by atoms with Gasteiger partial charge in [0.2, 0.25) is 0 Å². The summed E-state index contributed by atoms with van der Waals surface area (Å²) in [6.07, 6.45) is 3.39. The van der Waals surface area contributed by atoms with Crippen LogP contribution >= 0.6 is 0 Å². The molecular formula is C11H21N3O. The van der Waals surface area contributed by atoms with Crippen molar-refractivity contribution in [1.82, 2.24) is 5.43 Å². The molecule has 1 fully saturated rings. The fraction of sp³-hybridized carbons (Fsp3) is 0.818. The van der Waals surface area contributed by atoms with Gasteiger partial charge in [0, 0.05) is 11.6 Å². The highest BCUT2D eigenvalue weighted by Gasteiger charge is 2.27. The first-order valence-corrected chi connectivity index (χ1v) is 5.62. The van der Waals surface area contributed by atoms with Crippen molar-refractivity contribution in [2.24, 2.45) is 28.6 Å². The van der Waals surface area contributed by atoms with Crippen molar-refractivity contribution in [2.45, 2.75) is 40.0 Å². The lowest BCUT2D eigenvalue weighted by molar-refractivity contribution is 0.249. The number of amides is 2. The molecule has 1 saturated carbocycles. The highest BCUT2D eigenvalue weighted by molar-refractivity contribution is 5.88. The largest absolute Gasteiger partial charge is 0.350 e. The molecular weight excluding hydrogens is 190 g/mol. The van der Waals surface area contributed by atoms with Crippen LogP contribution in [0.25, 0.3) is 0 Å². The van der Waals surface area contributed by atoms with Gasteiger partial charge in [0.05, 0.1) is 0 Å². The Morgan fingerprint density at radius 3 is 2.73 bits per heavy atom. The molecule has 0 saturated heterocycles. The molecule has 0 bridgehead atoms. The Morgan fingerprint density at radius 2 is 2.20 bits per heavy atom. The third kappa shape index (κ3) is 3.53. The molecule has 0 aromatic rings. The van der Waals surface area contributed by atoms with E-state index in [0.29, 0.717) is 17.8 Å². The fourth-order valence-electron chi connectivity index (χ4n) is 2.21. The Hall–Kier alpha value is -1.06. The van der Waals surface area contributed by atoms with E-state index in [-0.39, 0.29) is 0 Å². The maximum Gasteiger partial charge on any atom is 0.332 e. The van der Waals surface area contributed by atoms with Gasteiger partial charge < -0.3 is 5.73 Å². The summed E-state index contributed by atoms with van der Waals surface area (Å²) >= 11 is 0. The van der Waals surface area contributed by atoms with E-state index in [2.05, 4.69) is 31.3 Å². The Kier molecular flexibility index (Phi) is 4.12. The van der Waals surface area contributed by atoms with Gasteiger partial charge in [-0.3, -0.25) is 0 Å². The predicted molar refractivity (Wildman–Crippen MR) is 61.5 cm³/mol. The van der Waals surface area contributed by atoms with E-state index in [0.717, 1.165) is 18.6 Å². The van der Waals surface area contributed by atoms with E-state index < -0.39 is 6.03 Å². The minimum atomic E-state index is -0.580. The molecule has 0 unspecified atom stereocenters. The van der Waals surface area contributed by atoms with Crippen molar-refractivity contribution in [3.8, 4) is 0 Å². The standard InChI is InChI=1S/C11H21N3O/c1-7(2)9-5-4-8(3)6-10(9)13-14-11(12)15/h7-9H,4-6H2,1-3H3,(H3,12,14,15)/t8-,9-/m0/s1. The Morgan fingerprint density at radius 1 is 1.53 bits per heavy atom. The predicted octanol–water partition coefficient (Wildman–Crippen LogP) is 2.10. The number of hydrogen-bond acceptors (Lipinski definition) is 2. The number of carbonyl (C=O) groups is 1. The van der Waals surface area contributed by atoms with Gasteiger partial charge in [0.15, 0.2) is 0 Å². The highest BCUT2D eigenvalue weighted by Crippen LogP contribution is 2.30. The molecule has 1 rings (SSSR count). The lowest BCUT2D eigenvalue weighted by Gasteiger charge is -2.30. The lowest BCUT2D eigenvalue weighted by Crippen LogP contribution is -2.32. The molecule has 0 radical (unpaired) electrons. The van der Waals surface area contributed by atoms with Gasteiger partial charge in [-0.25, -0.2) is 10.2 Å². The highest BCUT2D eigenvalue weighted by atomic mass is 16.2. The smallest absolute Gasteiger partial charge is 0.332 e. The quantitative estimate of drug-likeness (QED) is 0.675. The summed E-state index contributed by atoms with van der Waals surface area (Å²) in [4.78, 5) is 10.6. The Bertz CT molecular complexity index is 261. The van der Waals surface area contributed by atoms with E-state index in [4.69, 9.17) is 5.73 Å².